The lowest BCUT2D eigenvalue weighted by atomic mass is 10.2. The summed E-state index contributed by atoms with van der Waals surface area (Å²) >= 11 is 4.82. The van der Waals surface area contributed by atoms with Crippen LogP contribution in [0.4, 0.5) is 4.39 Å². The molecule has 84 valence electrons. The molecule has 0 aliphatic heterocycles. The zero-order chi connectivity index (χ0) is 11.4. The van der Waals surface area contributed by atoms with Gasteiger partial charge < -0.3 is 5.32 Å². The Balaban J connectivity index is 1.90. The number of nitrogens with zero attached hydrogens (tertiary/aromatic N) is 1. The highest BCUT2D eigenvalue weighted by Crippen LogP contribution is 2.15. The zero-order valence-electron chi connectivity index (χ0n) is 8.41. The molecule has 1 heterocycles. The highest BCUT2D eigenvalue weighted by molar-refractivity contribution is 9.10. The van der Waals surface area contributed by atoms with Crippen LogP contribution in [0.2, 0.25) is 0 Å². The van der Waals surface area contributed by atoms with E-state index < -0.39 is 0 Å². The van der Waals surface area contributed by atoms with Crippen molar-refractivity contribution >= 4 is 27.3 Å². The van der Waals surface area contributed by atoms with Crippen LogP contribution in [0.1, 0.15) is 10.4 Å². The van der Waals surface area contributed by atoms with E-state index in [4.69, 9.17) is 0 Å². The summed E-state index contributed by atoms with van der Waals surface area (Å²) in [7, 11) is 0. The first-order chi connectivity index (χ1) is 7.75. The molecule has 1 aromatic carbocycles. The fourth-order valence-corrected chi connectivity index (χ4v) is 2.21. The van der Waals surface area contributed by atoms with E-state index in [2.05, 4.69) is 26.2 Å². The van der Waals surface area contributed by atoms with Crippen molar-refractivity contribution in [3.63, 3.8) is 0 Å². The monoisotopic (exact) mass is 300 g/mol. The number of hydrogen-bond donors (Lipinski definition) is 1. The Hall–Kier alpha value is -0.780. The van der Waals surface area contributed by atoms with Gasteiger partial charge in [-0.25, -0.2) is 4.39 Å². The van der Waals surface area contributed by atoms with Gasteiger partial charge in [0.1, 0.15) is 5.82 Å². The molecule has 0 amide bonds. The van der Waals surface area contributed by atoms with E-state index in [0.717, 1.165) is 15.9 Å². The molecule has 1 aromatic heterocycles. The summed E-state index contributed by atoms with van der Waals surface area (Å²) in [5.41, 5.74) is 2.46. The minimum atomic E-state index is -0.189. The van der Waals surface area contributed by atoms with E-state index in [1.165, 1.54) is 6.07 Å². The van der Waals surface area contributed by atoms with Crippen molar-refractivity contribution < 1.29 is 4.39 Å². The molecular formula is C11H10BrFN2S. The van der Waals surface area contributed by atoms with Crippen LogP contribution in [0.25, 0.3) is 0 Å². The third-order valence-corrected chi connectivity index (χ3v) is 3.39. The summed E-state index contributed by atoms with van der Waals surface area (Å²) in [6, 6.07) is 5.09. The molecule has 16 heavy (non-hydrogen) atoms. The maximum absolute atomic E-state index is 13.4. The highest BCUT2D eigenvalue weighted by atomic mass is 79.9. The number of halogens is 2. The molecule has 2 rings (SSSR count). The number of thiazole rings is 1. The molecular weight excluding hydrogens is 291 g/mol. The van der Waals surface area contributed by atoms with Crippen molar-refractivity contribution in [2.24, 2.45) is 0 Å². The average molecular weight is 301 g/mol. The Morgan fingerprint density at radius 2 is 2.25 bits per heavy atom. The second-order valence-electron chi connectivity index (χ2n) is 3.31. The van der Waals surface area contributed by atoms with Crippen molar-refractivity contribution in [3.05, 3.63) is 50.6 Å². The van der Waals surface area contributed by atoms with Gasteiger partial charge in [-0.2, -0.15) is 0 Å². The first kappa shape index (κ1) is 11.7. The normalized spacial score (nSPS) is 10.6. The van der Waals surface area contributed by atoms with E-state index in [1.807, 2.05) is 12.3 Å². The lowest BCUT2D eigenvalue weighted by molar-refractivity contribution is 0.588. The van der Waals surface area contributed by atoms with Crippen molar-refractivity contribution in [3.8, 4) is 0 Å². The Bertz CT molecular complexity index is 459. The van der Waals surface area contributed by atoms with Crippen LogP contribution < -0.4 is 5.32 Å². The zero-order valence-corrected chi connectivity index (χ0v) is 10.8. The molecule has 0 aliphatic carbocycles. The number of rotatable bonds is 4. The maximum Gasteiger partial charge on any atom is 0.128 e. The average Bonchev–Trinajstić information content (AvgIpc) is 2.74. The first-order valence-corrected chi connectivity index (χ1v) is 6.45. The standard InChI is InChI=1S/C11H10BrFN2S/c12-9-2-1-8(11(13)3-9)4-14-5-10-6-15-7-16-10/h1-3,6-7,14H,4-5H2. The van der Waals surface area contributed by atoms with Gasteiger partial charge in [0.05, 0.1) is 5.51 Å². The molecule has 0 aliphatic rings. The van der Waals surface area contributed by atoms with Crippen molar-refractivity contribution in [2.75, 3.05) is 0 Å². The Labute approximate surface area is 106 Å². The van der Waals surface area contributed by atoms with E-state index in [0.29, 0.717) is 12.1 Å². The summed E-state index contributed by atoms with van der Waals surface area (Å²) < 4.78 is 14.2. The molecule has 0 bridgehead atoms. The van der Waals surface area contributed by atoms with E-state index in [9.17, 15) is 4.39 Å². The number of aromatic nitrogens is 1. The quantitative estimate of drug-likeness (QED) is 0.937. The SMILES string of the molecule is Fc1cc(Br)ccc1CNCc1cncs1. The van der Waals surface area contributed by atoms with Crippen LogP contribution in [0, 0.1) is 5.82 Å². The van der Waals surface area contributed by atoms with Gasteiger partial charge in [-0.3, -0.25) is 4.98 Å². The van der Waals surface area contributed by atoms with Crippen LogP contribution in [0.3, 0.4) is 0 Å². The van der Waals surface area contributed by atoms with Gasteiger partial charge in [0.15, 0.2) is 0 Å². The first-order valence-electron chi connectivity index (χ1n) is 4.78. The van der Waals surface area contributed by atoms with Crippen LogP contribution >= 0.6 is 27.3 Å². The molecule has 0 fully saturated rings. The highest BCUT2D eigenvalue weighted by Gasteiger charge is 2.02. The Kier molecular flexibility index (Phi) is 4.04. The number of hydrogen-bond acceptors (Lipinski definition) is 3. The van der Waals surface area contributed by atoms with Gasteiger partial charge in [-0.15, -0.1) is 11.3 Å². The minimum Gasteiger partial charge on any atom is -0.308 e. The van der Waals surface area contributed by atoms with E-state index >= 15 is 0 Å². The minimum absolute atomic E-state index is 0.189. The van der Waals surface area contributed by atoms with Crippen molar-refractivity contribution in [1.82, 2.24) is 10.3 Å². The van der Waals surface area contributed by atoms with Gasteiger partial charge in [0.25, 0.3) is 0 Å². The molecule has 1 N–H and O–H groups in total. The van der Waals surface area contributed by atoms with Gasteiger partial charge in [0.2, 0.25) is 0 Å². The van der Waals surface area contributed by atoms with E-state index in [1.54, 1.807) is 22.9 Å². The fraction of sp³-hybridized carbons (Fsp3) is 0.182. The summed E-state index contributed by atoms with van der Waals surface area (Å²) in [5, 5.41) is 3.18. The number of benzene rings is 1. The molecule has 0 atom stereocenters. The topological polar surface area (TPSA) is 24.9 Å². The maximum atomic E-state index is 13.4. The van der Waals surface area contributed by atoms with Gasteiger partial charge in [0, 0.05) is 34.2 Å². The fourth-order valence-electron chi connectivity index (χ4n) is 1.31. The smallest absolute Gasteiger partial charge is 0.128 e. The molecule has 2 nitrogen and oxygen atoms in total. The predicted octanol–water partition coefficient (Wildman–Crippen LogP) is 3.33. The molecule has 5 heteroatoms. The summed E-state index contributed by atoms with van der Waals surface area (Å²) in [6.45, 7) is 1.25. The summed E-state index contributed by atoms with van der Waals surface area (Å²) in [5.74, 6) is -0.189. The predicted molar refractivity (Wildman–Crippen MR) is 66.8 cm³/mol. The Morgan fingerprint density at radius 3 is 2.94 bits per heavy atom. The van der Waals surface area contributed by atoms with E-state index in [-0.39, 0.29) is 5.82 Å². The largest absolute Gasteiger partial charge is 0.308 e. The summed E-state index contributed by atoms with van der Waals surface area (Å²) in [6.07, 6.45) is 1.82. The molecule has 2 aromatic rings. The van der Waals surface area contributed by atoms with Gasteiger partial charge in [-0.05, 0) is 12.1 Å². The van der Waals surface area contributed by atoms with Gasteiger partial charge in [-0.1, -0.05) is 22.0 Å². The lowest BCUT2D eigenvalue weighted by Crippen LogP contribution is -2.12. The molecule has 0 radical (unpaired) electrons. The molecule has 0 saturated carbocycles. The van der Waals surface area contributed by atoms with Crippen molar-refractivity contribution in [2.45, 2.75) is 13.1 Å². The third-order valence-electron chi connectivity index (χ3n) is 2.11. The molecule has 0 saturated heterocycles. The Morgan fingerprint density at radius 1 is 1.38 bits per heavy atom. The van der Waals surface area contributed by atoms with Gasteiger partial charge >= 0.3 is 0 Å². The van der Waals surface area contributed by atoms with Crippen LogP contribution in [0.15, 0.2) is 34.4 Å². The van der Waals surface area contributed by atoms with Crippen LogP contribution in [-0.4, -0.2) is 4.98 Å². The number of nitrogens with one attached hydrogen (secondary N) is 1. The second-order valence-corrected chi connectivity index (χ2v) is 5.19. The third kappa shape index (κ3) is 3.10. The van der Waals surface area contributed by atoms with Crippen LogP contribution in [-0.2, 0) is 13.1 Å². The molecule has 0 unspecified atom stereocenters. The van der Waals surface area contributed by atoms with Crippen LogP contribution in [0.5, 0.6) is 0 Å². The molecule has 0 spiro atoms. The van der Waals surface area contributed by atoms with Crippen molar-refractivity contribution in [1.29, 1.82) is 0 Å². The second kappa shape index (κ2) is 5.52. The summed E-state index contributed by atoms with van der Waals surface area (Å²) in [4.78, 5) is 5.13. The lowest BCUT2D eigenvalue weighted by Gasteiger charge is -2.04.